The van der Waals surface area contributed by atoms with Crippen LogP contribution >= 0.6 is 27.3 Å². The molecule has 0 spiro atoms. The Balaban J connectivity index is 1.67. The smallest absolute Gasteiger partial charge is 0.0701 e. The Labute approximate surface area is 116 Å². The van der Waals surface area contributed by atoms with Crippen molar-refractivity contribution in [1.82, 2.24) is 15.5 Å². The fourth-order valence-corrected chi connectivity index (χ4v) is 3.56. The molecule has 5 heteroatoms. The third-order valence-electron chi connectivity index (χ3n) is 3.14. The van der Waals surface area contributed by atoms with Gasteiger partial charge in [-0.2, -0.15) is 0 Å². The summed E-state index contributed by atoms with van der Waals surface area (Å²) < 4.78 is 1.21. The molecule has 1 fully saturated rings. The molecule has 3 nitrogen and oxygen atoms in total. The summed E-state index contributed by atoms with van der Waals surface area (Å²) in [6.07, 6.45) is 0. The molecule has 1 aromatic rings. The van der Waals surface area contributed by atoms with Crippen LogP contribution in [0.2, 0.25) is 0 Å². The molecule has 0 radical (unpaired) electrons. The largest absolute Gasteiger partial charge is 0.314 e. The number of hydrogen-bond acceptors (Lipinski definition) is 4. The van der Waals surface area contributed by atoms with Gasteiger partial charge in [-0.25, -0.2) is 0 Å². The summed E-state index contributed by atoms with van der Waals surface area (Å²) in [6, 6.07) is 4.92. The van der Waals surface area contributed by atoms with Crippen LogP contribution in [0.25, 0.3) is 0 Å². The monoisotopic (exact) mass is 317 g/mol. The standard InChI is InChI=1S/C12H20BrN3S/c1-10(16-6-4-14-5-7-16)8-15-9-11-2-3-12(13)17-11/h2-3,10,14-15H,4-9H2,1H3. The summed E-state index contributed by atoms with van der Waals surface area (Å²) in [7, 11) is 0. The van der Waals surface area contributed by atoms with Gasteiger partial charge >= 0.3 is 0 Å². The number of nitrogens with one attached hydrogen (secondary N) is 2. The second kappa shape index (κ2) is 6.85. The van der Waals surface area contributed by atoms with Gasteiger partial charge in [-0.05, 0) is 35.0 Å². The lowest BCUT2D eigenvalue weighted by atomic mass is 10.2. The summed E-state index contributed by atoms with van der Waals surface area (Å²) in [5.74, 6) is 0. The predicted molar refractivity (Wildman–Crippen MR) is 77.6 cm³/mol. The zero-order valence-corrected chi connectivity index (χ0v) is 12.6. The highest BCUT2D eigenvalue weighted by molar-refractivity contribution is 9.11. The zero-order chi connectivity index (χ0) is 12.1. The van der Waals surface area contributed by atoms with Gasteiger partial charge < -0.3 is 10.6 Å². The summed E-state index contributed by atoms with van der Waals surface area (Å²) in [6.45, 7) is 8.95. The Hall–Kier alpha value is 0.0600. The van der Waals surface area contributed by atoms with E-state index in [1.807, 2.05) is 0 Å². The van der Waals surface area contributed by atoms with Crippen LogP contribution in [-0.2, 0) is 6.54 Å². The molecule has 17 heavy (non-hydrogen) atoms. The minimum Gasteiger partial charge on any atom is -0.314 e. The summed E-state index contributed by atoms with van der Waals surface area (Å²) >= 11 is 5.30. The molecule has 0 aromatic carbocycles. The van der Waals surface area contributed by atoms with E-state index in [1.54, 1.807) is 11.3 Å². The fraction of sp³-hybridized carbons (Fsp3) is 0.667. The maximum Gasteiger partial charge on any atom is 0.0701 e. The average molecular weight is 318 g/mol. The van der Waals surface area contributed by atoms with E-state index in [-0.39, 0.29) is 0 Å². The van der Waals surface area contributed by atoms with E-state index in [1.165, 1.54) is 21.8 Å². The molecule has 2 rings (SSSR count). The maximum absolute atomic E-state index is 3.54. The van der Waals surface area contributed by atoms with Gasteiger partial charge in [0.15, 0.2) is 0 Å². The van der Waals surface area contributed by atoms with Gasteiger partial charge in [0.1, 0.15) is 0 Å². The van der Waals surface area contributed by atoms with Crippen molar-refractivity contribution >= 4 is 27.3 Å². The first kappa shape index (κ1) is 13.5. The molecule has 1 aromatic heterocycles. The van der Waals surface area contributed by atoms with Crippen LogP contribution in [-0.4, -0.2) is 43.7 Å². The molecule has 1 unspecified atom stereocenters. The molecule has 1 atom stereocenters. The Kier molecular flexibility index (Phi) is 5.44. The minimum absolute atomic E-state index is 0.625. The van der Waals surface area contributed by atoms with Crippen molar-refractivity contribution in [2.45, 2.75) is 19.5 Å². The fourth-order valence-electron chi connectivity index (χ4n) is 2.10. The highest BCUT2D eigenvalue weighted by Gasteiger charge is 2.15. The Morgan fingerprint density at radius 2 is 2.24 bits per heavy atom. The van der Waals surface area contributed by atoms with Gasteiger partial charge in [-0.3, -0.25) is 4.90 Å². The number of hydrogen-bond donors (Lipinski definition) is 2. The first-order chi connectivity index (χ1) is 8.25. The predicted octanol–water partition coefficient (Wildman–Crippen LogP) is 1.89. The number of piperazine rings is 1. The second-order valence-corrected chi connectivity index (χ2v) is 7.02. The van der Waals surface area contributed by atoms with Crippen LogP contribution in [0.15, 0.2) is 15.9 Å². The Bertz CT molecular complexity index is 336. The molecule has 0 bridgehead atoms. The van der Waals surface area contributed by atoms with Gasteiger partial charge in [-0.15, -0.1) is 11.3 Å². The summed E-state index contributed by atoms with van der Waals surface area (Å²) in [5, 5.41) is 6.93. The second-order valence-electron chi connectivity index (χ2n) is 4.47. The Morgan fingerprint density at radius 1 is 1.47 bits per heavy atom. The molecular formula is C12H20BrN3S. The highest BCUT2D eigenvalue weighted by atomic mass is 79.9. The van der Waals surface area contributed by atoms with Crippen LogP contribution in [0.5, 0.6) is 0 Å². The van der Waals surface area contributed by atoms with Crippen LogP contribution < -0.4 is 10.6 Å². The van der Waals surface area contributed by atoms with E-state index in [0.717, 1.165) is 26.2 Å². The summed E-state index contributed by atoms with van der Waals surface area (Å²) in [4.78, 5) is 3.94. The van der Waals surface area contributed by atoms with Crippen LogP contribution in [0.1, 0.15) is 11.8 Å². The first-order valence-electron chi connectivity index (χ1n) is 6.15. The maximum atomic E-state index is 3.54. The molecule has 1 aliphatic rings. The Morgan fingerprint density at radius 3 is 2.88 bits per heavy atom. The van der Waals surface area contributed by atoms with E-state index >= 15 is 0 Å². The minimum atomic E-state index is 0.625. The third-order valence-corrected chi connectivity index (χ3v) is 4.77. The number of rotatable bonds is 5. The van der Waals surface area contributed by atoms with Crippen molar-refractivity contribution in [2.24, 2.45) is 0 Å². The van der Waals surface area contributed by atoms with Crippen LogP contribution in [0, 0.1) is 0 Å². The normalized spacial score (nSPS) is 19.4. The van der Waals surface area contributed by atoms with Crippen LogP contribution in [0.4, 0.5) is 0 Å². The molecule has 1 saturated heterocycles. The topological polar surface area (TPSA) is 27.3 Å². The average Bonchev–Trinajstić information content (AvgIpc) is 2.76. The quantitative estimate of drug-likeness (QED) is 0.868. The molecule has 2 N–H and O–H groups in total. The molecule has 0 amide bonds. The lowest BCUT2D eigenvalue weighted by molar-refractivity contribution is 0.181. The molecule has 1 aliphatic heterocycles. The van der Waals surface area contributed by atoms with Crippen molar-refractivity contribution in [1.29, 1.82) is 0 Å². The van der Waals surface area contributed by atoms with Gasteiger partial charge in [0.2, 0.25) is 0 Å². The molecule has 0 aliphatic carbocycles. The van der Waals surface area contributed by atoms with Gasteiger partial charge in [0.25, 0.3) is 0 Å². The van der Waals surface area contributed by atoms with E-state index < -0.39 is 0 Å². The van der Waals surface area contributed by atoms with Gasteiger partial charge in [0, 0.05) is 50.2 Å². The lowest BCUT2D eigenvalue weighted by Gasteiger charge is -2.32. The third kappa shape index (κ3) is 4.34. The molecule has 2 heterocycles. The van der Waals surface area contributed by atoms with Crippen molar-refractivity contribution in [3.05, 3.63) is 20.8 Å². The molecular weight excluding hydrogens is 298 g/mol. The highest BCUT2D eigenvalue weighted by Crippen LogP contribution is 2.21. The number of nitrogens with zero attached hydrogens (tertiary/aromatic N) is 1. The van der Waals surface area contributed by atoms with Crippen molar-refractivity contribution in [2.75, 3.05) is 32.7 Å². The van der Waals surface area contributed by atoms with E-state index in [0.29, 0.717) is 6.04 Å². The van der Waals surface area contributed by atoms with Crippen molar-refractivity contribution < 1.29 is 0 Å². The molecule has 96 valence electrons. The van der Waals surface area contributed by atoms with E-state index in [9.17, 15) is 0 Å². The van der Waals surface area contributed by atoms with Crippen molar-refractivity contribution in [3.63, 3.8) is 0 Å². The molecule has 0 saturated carbocycles. The van der Waals surface area contributed by atoms with E-state index in [2.05, 4.69) is 50.5 Å². The SMILES string of the molecule is CC(CNCc1ccc(Br)s1)N1CCNCC1. The van der Waals surface area contributed by atoms with E-state index in [4.69, 9.17) is 0 Å². The van der Waals surface area contributed by atoms with Gasteiger partial charge in [-0.1, -0.05) is 0 Å². The summed E-state index contributed by atoms with van der Waals surface area (Å²) in [5.41, 5.74) is 0. The van der Waals surface area contributed by atoms with Gasteiger partial charge in [0.05, 0.1) is 3.79 Å². The first-order valence-corrected chi connectivity index (χ1v) is 7.76. The number of thiophene rings is 1. The lowest BCUT2D eigenvalue weighted by Crippen LogP contribution is -2.50. The van der Waals surface area contributed by atoms with Crippen LogP contribution in [0.3, 0.4) is 0 Å². The zero-order valence-electron chi connectivity index (χ0n) is 10.2. The van der Waals surface area contributed by atoms with Crippen molar-refractivity contribution in [3.8, 4) is 0 Å². The number of halogens is 1.